The summed E-state index contributed by atoms with van der Waals surface area (Å²) in [5, 5.41) is 1.84. The van der Waals surface area contributed by atoms with Crippen molar-refractivity contribution in [2.24, 2.45) is 0 Å². The molecule has 0 spiro atoms. The van der Waals surface area contributed by atoms with Crippen LogP contribution in [0.25, 0.3) is 0 Å². The summed E-state index contributed by atoms with van der Waals surface area (Å²) >= 11 is 4.80. The molecule has 0 aliphatic carbocycles. The van der Waals surface area contributed by atoms with E-state index in [1.54, 1.807) is 4.84 Å². The molecule has 0 aliphatic heterocycles. The van der Waals surface area contributed by atoms with Crippen LogP contribution >= 0.6 is 11.8 Å². The molecule has 0 heterocycles. The van der Waals surface area contributed by atoms with Crippen LogP contribution in [0.4, 0.5) is 4.79 Å². The molecular formula is C9H19ClN3O2+. The Kier molecular flexibility index (Phi) is 19.5. The van der Waals surface area contributed by atoms with Crippen molar-refractivity contribution in [2.75, 3.05) is 21.1 Å². The first-order valence-electron chi connectivity index (χ1n) is 4.04. The van der Waals surface area contributed by atoms with E-state index in [-0.39, 0.29) is 0 Å². The van der Waals surface area contributed by atoms with Crippen molar-refractivity contribution in [2.45, 2.75) is 0 Å². The molecule has 0 atom stereocenters. The van der Waals surface area contributed by atoms with Gasteiger partial charge in [-0.15, -0.1) is 13.2 Å². The average molecular weight is 237 g/mol. The molecular weight excluding hydrogens is 218 g/mol. The summed E-state index contributed by atoms with van der Waals surface area (Å²) in [4.78, 5) is 23.5. The van der Waals surface area contributed by atoms with Gasteiger partial charge in [0.1, 0.15) is 0 Å². The van der Waals surface area contributed by atoms with Crippen LogP contribution < -0.4 is 15.1 Å². The maximum Gasteiger partial charge on any atom is 0.336 e. The molecule has 0 saturated carbocycles. The summed E-state index contributed by atoms with van der Waals surface area (Å²) in [6.07, 6.45) is 0.964. The molecule has 88 valence electrons. The van der Waals surface area contributed by atoms with Crippen LogP contribution in [0.15, 0.2) is 25.8 Å². The molecule has 0 fully saturated rings. The fourth-order valence-corrected chi connectivity index (χ4v) is 0.234. The van der Waals surface area contributed by atoms with Crippen LogP contribution in [0.5, 0.6) is 0 Å². The molecule has 5 nitrogen and oxygen atoms in total. The third kappa shape index (κ3) is 32.4. The zero-order valence-corrected chi connectivity index (χ0v) is 10.1. The summed E-state index contributed by atoms with van der Waals surface area (Å²) in [6.45, 7) is 9.11. The second kappa shape index (κ2) is 15.2. The number of nitrogens with one attached hydrogen (secondary N) is 3. The van der Waals surface area contributed by atoms with E-state index in [0.29, 0.717) is 0 Å². The fourth-order valence-electron chi connectivity index (χ4n) is 0.187. The lowest BCUT2D eigenvalue weighted by molar-refractivity contribution is -0.836. The second-order valence-corrected chi connectivity index (χ2v) is 2.81. The van der Waals surface area contributed by atoms with Gasteiger partial charge in [-0.2, -0.15) is 0 Å². The van der Waals surface area contributed by atoms with Crippen molar-refractivity contribution < 1.29 is 14.5 Å². The van der Waals surface area contributed by atoms with Crippen LogP contribution in [-0.2, 0) is 4.79 Å². The van der Waals surface area contributed by atoms with Gasteiger partial charge in [-0.1, -0.05) is 6.58 Å². The third-order valence-electron chi connectivity index (χ3n) is 0.508. The van der Waals surface area contributed by atoms with Gasteiger partial charge in [0.25, 0.3) is 5.91 Å². The Balaban J connectivity index is -0.000000202. The number of hydrogen-bond acceptors (Lipinski definition) is 2. The molecule has 0 radical (unpaired) electrons. The first-order chi connectivity index (χ1) is 6.93. The van der Waals surface area contributed by atoms with Crippen molar-refractivity contribution in [3.05, 3.63) is 25.8 Å². The van der Waals surface area contributed by atoms with Gasteiger partial charge >= 0.3 is 6.03 Å². The number of urea groups is 1. The molecule has 0 aromatic carbocycles. The molecule has 3 N–H and O–H groups in total. The van der Waals surface area contributed by atoms with Gasteiger partial charge in [-0.3, -0.25) is 10.1 Å². The molecule has 0 unspecified atom stereocenters. The summed E-state index contributed by atoms with van der Waals surface area (Å²) in [5.41, 5.74) is 0. The van der Waals surface area contributed by atoms with Gasteiger partial charge in [0, 0.05) is 11.8 Å². The summed E-state index contributed by atoms with van der Waals surface area (Å²) in [7, 11) is 6.25. The van der Waals surface area contributed by atoms with Gasteiger partial charge < -0.3 is 4.90 Å². The number of carbonyl (C=O) groups excluding carboxylic acids is 2. The Labute approximate surface area is 95.9 Å². The quantitative estimate of drug-likeness (QED) is 0.333. The van der Waals surface area contributed by atoms with Crippen molar-refractivity contribution in [1.29, 1.82) is 0 Å². The maximum atomic E-state index is 10.2. The number of carbonyl (C=O) groups is 2. The number of quaternary nitrogens is 1. The van der Waals surface area contributed by atoms with E-state index in [1.165, 1.54) is 4.90 Å². The van der Waals surface area contributed by atoms with Crippen molar-refractivity contribution in [1.82, 2.24) is 10.2 Å². The first kappa shape index (κ1) is 19.3. The van der Waals surface area contributed by atoms with Crippen molar-refractivity contribution in [3.8, 4) is 0 Å². The molecule has 0 bridgehead atoms. The van der Waals surface area contributed by atoms with Gasteiger partial charge in [0.15, 0.2) is 0 Å². The lowest BCUT2D eigenvalue weighted by atomic mass is 10.6. The Hall–Kier alpha value is -1.33. The van der Waals surface area contributed by atoms with Gasteiger partial charge in [0.2, 0.25) is 0 Å². The zero-order chi connectivity index (χ0) is 12.9. The Morgan fingerprint density at radius 2 is 1.60 bits per heavy atom. The molecule has 6 heteroatoms. The Morgan fingerprint density at radius 3 is 1.80 bits per heavy atom. The highest BCUT2D eigenvalue weighted by Gasteiger charge is 1.99. The molecule has 0 aliphatic rings. The van der Waals surface area contributed by atoms with E-state index >= 15 is 0 Å². The topological polar surface area (TPSA) is 62.6 Å². The largest absolute Gasteiger partial charge is 0.342 e. The third-order valence-corrected chi connectivity index (χ3v) is 0.680. The van der Waals surface area contributed by atoms with E-state index in [1.807, 2.05) is 5.32 Å². The van der Waals surface area contributed by atoms with E-state index in [4.69, 9.17) is 11.8 Å². The number of hydrogen-bond donors (Lipinski definition) is 3. The minimum atomic E-state index is -0.762. The summed E-state index contributed by atoms with van der Waals surface area (Å²) < 4.78 is 0. The Morgan fingerprint density at radius 1 is 1.27 bits per heavy atom. The fraction of sp³-hybridized carbons (Fsp3) is 0.333. The highest BCUT2D eigenvalue weighted by molar-refractivity contribution is 6.22. The molecule has 0 aromatic heterocycles. The average Bonchev–Trinajstić information content (AvgIpc) is 2.19. The first-order valence-corrected chi connectivity index (χ1v) is 4.42. The molecule has 0 saturated heterocycles. The highest BCUT2D eigenvalue weighted by Crippen LogP contribution is 1.69. The summed E-state index contributed by atoms with van der Waals surface area (Å²) in [6, 6.07) is -0.762. The van der Waals surface area contributed by atoms with Gasteiger partial charge in [-0.05, 0) is 6.08 Å². The predicted molar refractivity (Wildman–Crippen MR) is 62.7 cm³/mol. The normalized spacial score (nSPS) is 7.27. The van der Waals surface area contributed by atoms with Gasteiger partial charge in [0.05, 0.1) is 21.1 Å². The van der Waals surface area contributed by atoms with Crippen LogP contribution in [0.1, 0.15) is 0 Å². The monoisotopic (exact) mass is 236 g/mol. The standard InChI is InChI=1S/C4H5ClN2O2.C3H9N.C2H4/c1-2-3(8)6-4(9)7-5;1-4(2)3;1-2/h2H,1H2,(H2,6,7,8,9);1-3H3;1-2H2/p+1. The van der Waals surface area contributed by atoms with Crippen LogP contribution in [0, 0.1) is 0 Å². The van der Waals surface area contributed by atoms with Crippen molar-refractivity contribution >= 4 is 23.7 Å². The lowest BCUT2D eigenvalue weighted by Crippen LogP contribution is -3.02. The molecule has 0 rings (SSSR count). The lowest BCUT2D eigenvalue weighted by Gasteiger charge is -1.94. The van der Waals surface area contributed by atoms with Crippen LogP contribution in [0.3, 0.4) is 0 Å². The van der Waals surface area contributed by atoms with E-state index < -0.39 is 11.9 Å². The smallest absolute Gasteiger partial charge is 0.336 e. The molecule has 15 heavy (non-hydrogen) atoms. The number of halogens is 1. The SMILES string of the molecule is C=C.C=CC(=O)NC(=O)NCl.C[NH+](C)C. The maximum absolute atomic E-state index is 10.2. The van der Waals surface area contributed by atoms with Crippen LogP contribution in [-0.4, -0.2) is 33.1 Å². The summed E-state index contributed by atoms with van der Waals surface area (Å²) in [5.74, 6) is -0.590. The van der Waals surface area contributed by atoms with Crippen LogP contribution in [0.2, 0.25) is 0 Å². The minimum Gasteiger partial charge on any atom is -0.342 e. The Bertz CT molecular complexity index is 193. The predicted octanol–water partition coefficient (Wildman–Crippen LogP) is -0.285. The molecule has 0 aromatic rings. The zero-order valence-electron chi connectivity index (χ0n) is 9.39. The van der Waals surface area contributed by atoms with E-state index in [2.05, 4.69) is 40.9 Å². The number of amides is 3. The van der Waals surface area contributed by atoms with Crippen molar-refractivity contribution in [3.63, 3.8) is 0 Å². The second-order valence-electron chi connectivity index (χ2n) is 2.62. The van der Waals surface area contributed by atoms with E-state index in [9.17, 15) is 9.59 Å². The highest BCUT2D eigenvalue weighted by atomic mass is 35.5. The minimum absolute atomic E-state index is 0.590. The van der Waals surface area contributed by atoms with Gasteiger partial charge in [-0.25, -0.2) is 9.63 Å². The molecule has 3 amide bonds. The number of rotatable bonds is 1. The van der Waals surface area contributed by atoms with E-state index in [0.717, 1.165) is 6.08 Å². The number of imide groups is 1.